The average molecular weight is 261 g/mol. The molecule has 0 atom stereocenters. The Bertz CT molecular complexity index is 423. The van der Waals surface area contributed by atoms with Gasteiger partial charge in [-0.05, 0) is 36.9 Å². The fraction of sp³-hybridized carbons (Fsp3) is 0.571. The van der Waals surface area contributed by atoms with E-state index in [0.29, 0.717) is 19.1 Å². The summed E-state index contributed by atoms with van der Waals surface area (Å²) in [6.45, 7) is 5.57. The van der Waals surface area contributed by atoms with Crippen LogP contribution in [0.1, 0.15) is 26.7 Å². The highest BCUT2D eigenvalue weighted by Crippen LogP contribution is 2.19. The van der Waals surface area contributed by atoms with Crippen molar-refractivity contribution in [3.63, 3.8) is 0 Å². The summed E-state index contributed by atoms with van der Waals surface area (Å²) < 4.78 is 0. The predicted octanol–water partition coefficient (Wildman–Crippen LogP) is 1.59. The monoisotopic (exact) mass is 261 g/mol. The van der Waals surface area contributed by atoms with Gasteiger partial charge in [-0.2, -0.15) is 0 Å². The van der Waals surface area contributed by atoms with Crippen molar-refractivity contribution in [2.45, 2.75) is 32.7 Å². The topological polar surface area (TPSA) is 75.3 Å². The van der Waals surface area contributed by atoms with E-state index in [0.717, 1.165) is 11.6 Å². The first kappa shape index (κ1) is 13.8. The van der Waals surface area contributed by atoms with Crippen molar-refractivity contribution in [3.8, 4) is 0 Å². The lowest BCUT2D eigenvalue weighted by Crippen LogP contribution is -2.35. The second-order valence-electron chi connectivity index (χ2n) is 5.82. The fourth-order valence-corrected chi connectivity index (χ4v) is 1.47. The molecular weight excluding hydrogens is 238 g/mol. The average Bonchev–Trinajstić information content (AvgIpc) is 3.21. The minimum Gasteiger partial charge on any atom is -0.353 e. The van der Waals surface area contributed by atoms with Gasteiger partial charge < -0.3 is 16.4 Å². The standard InChI is InChI=1S/C14H23N5/c1-14(2,9-15)10-17-13(18-11-5-6-11)19-12-4-3-7-16-8-12/h3-4,7-8,11H,5-6,9-10,15H2,1-2H3,(H2,17,18,19). The van der Waals surface area contributed by atoms with E-state index >= 15 is 0 Å². The molecule has 0 bridgehead atoms. The first-order valence-corrected chi connectivity index (χ1v) is 6.77. The van der Waals surface area contributed by atoms with E-state index in [9.17, 15) is 0 Å². The van der Waals surface area contributed by atoms with Crippen molar-refractivity contribution in [3.05, 3.63) is 24.5 Å². The largest absolute Gasteiger partial charge is 0.353 e. The SMILES string of the molecule is CC(C)(CN)CN=C(Nc1cccnc1)NC1CC1. The van der Waals surface area contributed by atoms with E-state index in [2.05, 4.69) is 34.5 Å². The molecule has 2 rings (SSSR count). The molecule has 4 N–H and O–H groups in total. The van der Waals surface area contributed by atoms with Crippen LogP contribution in [0.3, 0.4) is 0 Å². The summed E-state index contributed by atoms with van der Waals surface area (Å²) in [5, 5.41) is 6.69. The zero-order valence-electron chi connectivity index (χ0n) is 11.7. The molecule has 104 valence electrons. The zero-order chi connectivity index (χ0) is 13.7. The van der Waals surface area contributed by atoms with Gasteiger partial charge in [0.2, 0.25) is 0 Å². The molecule has 1 fully saturated rings. The van der Waals surface area contributed by atoms with Gasteiger partial charge in [0.15, 0.2) is 5.96 Å². The third kappa shape index (κ3) is 4.87. The van der Waals surface area contributed by atoms with Crippen LogP contribution in [0.2, 0.25) is 0 Å². The van der Waals surface area contributed by atoms with Crippen molar-refractivity contribution in [1.29, 1.82) is 0 Å². The van der Waals surface area contributed by atoms with Crippen molar-refractivity contribution >= 4 is 11.6 Å². The lowest BCUT2D eigenvalue weighted by molar-refractivity contribution is 0.393. The Morgan fingerprint density at radius 2 is 2.32 bits per heavy atom. The molecule has 0 unspecified atom stereocenters. The highest BCUT2D eigenvalue weighted by Gasteiger charge is 2.23. The van der Waals surface area contributed by atoms with Crippen LogP contribution in [0.4, 0.5) is 5.69 Å². The van der Waals surface area contributed by atoms with E-state index in [1.165, 1.54) is 12.8 Å². The molecule has 1 aromatic heterocycles. The number of guanidine groups is 1. The quantitative estimate of drug-likeness (QED) is 0.556. The molecule has 1 aromatic rings. The van der Waals surface area contributed by atoms with E-state index in [4.69, 9.17) is 5.73 Å². The van der Waals surface area contributed by atoms with Gasteiger partial charge in [0.25, 0.3) is 0 Å². The van der Waals surface area contributed by atoms with Crippen LogP contribution in [-0.4, -0.2) is 30.1 Å². The highest BCUT2D eigenvalue weighted by molar-refractivity contribution is 5.93. The maximum atomic E-state index is 5.74. The van der Waals surface area contributed by atoms with Crippen LogP contribution < -0.4 is 16.4 Å². The molecule has 1 saturated carbocycles. The Balaban J connectivity index is 2.00. The maximum absolute atomic E-state index is 5.74. The molecule has 1 aliphatic carbocycles. The number of anilines is 1. The minimum absolute atomic E-state index is 0.0209. The summed E-state index contributed by atoms with van der Waals surface area (Å²) in [5.41, 5.74) is 6.70. The lowest BCUT2D eigenvalue weighted by atomic mass is 9.94. The Labute approximate surface area is 114 Å². The Hall–Kier alpha value is -1.62. The minimum atomic E-state index is 0.0209. The highest BCUT2D eigenvalue weighted by atomic mass is 15.2. The van der Waals surface area contributed by atoms with Crippen LogP contribution >= 0.6 is 0 Å². The Morgan fingerprint density at radius 1 is 1.53 bits per heavy atom. The molecule has 5 heteroatoms. The third-order valence-corrected chi connectivity index (χ3v) is 3.06. The van der Waals surface area contributed by atoms with Gasteiger partial charge >= 0.3 is 0 Å². The van der Waals surface area contributed by atoms with Crippen molar-refractivity contribution < 1.29 is 0 Å². The molecular formula is C14H23N5. The lowest BCUT2D eigenvalue weighted by Gasteiger charge is -2.20. The van der Waals surface area contributed by atoms with Gasteiger partial charge in [0, 0.05) is 18.8 Å². The second-order valence-corrected chi connectivity index (χ2v) is 5.82. The van der Waals surface area contributed by atoms with Gasteiger partial charge in [0.1, 0.15) is 0 Å². The van der Waals surface area contributed by atoms with E-state index in [-0.39, 0.29) is 5.41 Å². The first-order chi connectivity index (χ1) is 9.09. The number of nitrogens with one attached hydrogen (secondary N) is 2. The molecule has 19 heavy (non-hydrogen) atoms. The predicted molar refractivity (Wildman–Crippen MR) is 79.2 cm³/mol. The van der Waals surface area contributed by atoms with Crippen molar-refractivity contribution in [2.24, 2.45) is 16.1 Å². The van der Waals surface area contributed by atoms with Gasteiger partial charge in [-0.1, -0.05) is 13.8 Å². The Morgan fingerprint density at radius 3 is 2.89 bits per heavy atom. The molecule has 0 amide bonds. The van der Waals surface area contributed by atoms with Crippen molar-refractivity contribution in [2.75, 3.05) is 18.4 Å². The summed E-state index contributed by atoms with van der Waals surface area (Å²) in [7, 11) is 0. The van der Waals surface area contributed by atoms with Gasteiger partial charge in [-0.3, -0.25) is 9.98 Å². The third-order valence-electron chi connectivity index (χ3n) is 3.06. The van der Waals surface area contributed by atoms with Gasteiger partial charge in [0.05, 0.1) is 11.9 Å². The van der Waals surface area contributed by atoms with Crippen LogP contribution in [0.25, 0.3) is 0 Å². The number of nitrogens with two attached hydrogens (primary N) is 1. The number of hydrogen-bond acceptors (Lipinski definition) is 3. The van der Waals surface area contributed by atoms with Gasteiger partial charge in [-0.25, -0.2) is 0 Å². The normalized spacial score (nSPS) is 16.3. The van der Waals surface area contributed by atoms with Crippen LogP contribution in [-0.2, 0) is 0 Å². The zero-order valence-corrected chi connectivity index (χ0v) is 11.7. The summed E-state index contributed by atoms with van der Waals surface area (Å²) in [6, 6.07) is 4.44. The number of rotatable bonds is 5. The van der Waals surface area contributed by atoms with Gasteiger partial charge in [-0.15, -0.1) is 0 Å². The fourth-order valence-electron chi connectivity index (χ4n) is 1.47. The van der Waals surface area contributed by atoms with Crippen molar-refractivity contribution in [1.82, 2.24) is 10.3 Å². The molecule has 1 heterocycles. The van der Waals surface area contributed by atoms with E-state index in [1.54, 1.807) is 12.4 Å². The summed E-state index contributed by atoms with van der Waals surface area (Å²) in [5.74, 6) is 0.817. The number of aliphatic imine (C=N–C) groups is 1. The molecule has 0 aromatic carbocycles. The number of pyridine rings is 1. The molecule has 0 spiro atoms. The van der Waals surface area contributed by atoms with Crippen LogP contribution in [0, 0.1) is 5.41 Å². The van der Waals surface area contributed by atoms with Crippen LogP contribution in [0.5, 0.6) is 0 Å². The summed E-state index contributed by atoms with van der Waals surface area (Å²) in [6.07, 6.45) is 5.98. The summed E-state index contributed by atoms with van der Waals surface area (Å²) in [4.78, 5) is 8.72. The number of nitrogens with zero attached hydrogens (tertiary/aromatic N) is 2. The molecule has 0 radical (unpaired) electrons. The second kappa shape index (κ2) is 6.02. The van der Waals surface area contributed by atoms with E-state index in [1.807, 2.05) is 12.1 Å². The molecule has 0 saturated heterocycles. The maximum Gasteiger partial charge on any atom is 0.196 e. The van der Waals surface area contributed by atoms with Crippen LogP contribution in [0.15, 0.2) is 29.5 Å². The molecule has 0 aliphatic heterocycles. The smallest absolute Gasteiger partial charge is 0.196 e. The molecule has 5 nitrogen and oxygen atoms in total. The first-order valence-electron chi connectivity index (χ1n) is 6.77. The summed E-state index contributed by atoms with van der Waals surface area (Å²) >= 11 is 0. The number of aromatic nitrogens is 1. The van der Waals surface area contributed by atoms with E-state index < -0.39 is 0 Å². The molecule has 1 aliphatic rings. The Kier molecular flexibility index (Phi) is 4.37. The number of hydrogen-bond donors (Lipinski definition) is 3.